The summed E-state index contributed by atoms with van der Waals surface area (Å²) in [6.45, 7) is 6.59. The lowest BCUT2D eigenvalue weighted by molar-refractivity contribution is -0.125. The van der Waals surface area contributed by atoms with Gasteiger partial charge in [0.2, 0.25) is 12.7 Å². The molecule has 0 unspecified atom stereocenters. The molecule has 2 aliphatic rings. The molecule has 0 aliphatic carbocycles. The van der Waals surface area contributed by atoms with Crippen LogP contribution < -0.4 is 19.7 Å². The van der Waals surface area contributed by atoms with Crippen LogP contribution in [0.1, 0.15) is 36.7 Å². The van der Waals surface area contributed by atoms with Crippen molar-refractivity contribution in [3.8, 4) is 11.5 Å². The van der Waals surface area contributed by atoms with Crippen LogP contribution in [0, 0.1) is 5.41 Å². The maximum atomic E-state index is 12.7. The Hall–Kier alpha value is -3.02. The summed E-state index contributed by atoms with van der Waals surface area (Å²) in [6.07, 6.45) is 0.827. The molecule has 27 heavy (non-hydrogen) atoms. The highest BCUT2D eigenvalue weighted by Crippen LogP contribution is 2.35. The van der Waals surface area contributed by atoms with Crippen LogP contribution in [0.25, 0.3) is 0 Å². The van der Waals surface area contributed by atoms with Crippen LogP contribution in [0.4, 0.5) is 11.4 Å². The number of fused-ring (bicyclic) bond motifs is 2. The highest BCUT2D eigenvalue weighted by atomic mass is 16.7. The monoisotopic (exact) mass is 366 g/mol. The standard InChI is InChI=1S/C21H22N2O4/c1-21(2,3)20(25)23-9-8-13-4-6-15(11-16(13)23)22-19(24)14-5-7-17-18(10-14)27-12-26-17/h4-7,10-11H,8-9,12H2,1-3H3,(H,22,24). The van der Waals surface area contributed by atoms with Crippen LogP contribution in [0.15, 0.2) is 36.4 Å². The van der Waals surface area contributed by atoms with Crippen molar-refractivity contribution in [2.75, 3.05) is 23.6 Å². The third kappa shape index (κ3) is 3.23. The van der Waals surface area contributed by atoms with Gasteiger partial charge in [-0.15, -0.1) is 0 Å². The van der Waals surface area contributed by atoms with Gasteiger partial charge in [0.1, 0.15) is 0 Å². The average molecular weight is 366 g/mol. The molecule has 4 rings (SSSR count). The van der Waals surface area contributed by atoms with Gasteiger partial charge >= 0.3 is 0 Å². The SMILES string of the molecule is CC(C)(C)C(=O)N1CCc2ccc(NC(=O)c3ccc4c(c3)OCO4)cc21. The number of carbonyl (C=O) groups excluding carboxylic acids is 2. The second kappa shape index (κ2) is 6.30. The van der Waals surface area contributed by atoms with Gasteiger partial charge in [-0.25, -0.2) is 0 Å². The van der Waals surface area contributed by atoms with Crippen molar-refractivity contribution in [3.05, 3.63) is 47.5 Å². The van der Waals surface area contributed by atoms with Crippen molar-refractivity contribution >= 4 is 23.2 Å². The topological polar surface area (TPSA) is 67.9 Å². The summed E-state index contributed by atoms with van der Waals surface area (Å²) in [5.74, 6) is 1.06. The molecular formula is C21H22N2O4. The molecule has 140 valence electrons. The van der Waals surface area contributed by atoms with E-state index in [1.54, 1.807) is 18.2 Å². The Kier molecular flexibility index (Phi) is 4.06. The fraction of sp³-hybridized carbons (Fsp3) is 0.333. The molecule has 0 fully saturated rings. The largest absolute Gasteiger partial charge is 0.454 e. The van der Waals surface area contributed by atoms with Crippen molar-refractivity contribution in [1.82, 2.24) is 0 Å². The molecule has 2 amide bonds. The van der Waals surface area contributed by atoms with Crippen LogP contribution in [0.2, 0.25) is 0 Å². The van der Waals surface area contributed by atoms with Crippen molar-refractivity contribution in [2.24, 2.45) is 5.41 Å². The molecule has 0 atom stereocenters. The van der Waals surface area contributed by atoms with Gasteiger partial charge in [-0.1, -0.05) is 26.8 Å². The summed E-state index contributed by atoms with van der Waals surface area (Å²) >= 11 is 0. The van der Waals surface area contributed by atoms with E-state index >= 15 is 0 Å². The first-order valence-electron chi connectivity index (χ1n) is 8.99. The second-order valence-electron chi connectivity index (χ2n) is 7.82. The van der Waals surface area contributed by atoms with Crippen LogP contribution in [-0.2, 0) is 11.2 Å². The Morgan fingerprint density at radius 1 is 1.04 bits per heavy atom. The molecular weight excluding hydrogens is 344 g/mol. The van der Waals surface area contributed by atoms with Gasteiger partial charge in [0.05, 0.1) is 0 Å². The molecule has 2 aromatic carbocycles. The molecule has 2 heterocycles. The van der Waals surface area contributed by atoms with E-state index in [0.717, 1.165) is 17.7 Å². The van der Waals surface area contributed by atoms with Gasteiger partial charge in [-0.2, -0.15) is 0 Å². The summed E-state index contributed by atoms with van der Waals surface area (Å²) in [4.78, 5) is 27.1. The van der Waals surface area contributed by atoms with E-state index < -0.39 is 5.41 Å². The predicted octanol–water partition coefficient (Wildman–Crippen LogP) is 3.60. The normalized spacial score (nSPS) is 14.9. The fourth-order valence-electron chi connectivity index (χ4n) is 3.31. The lowest BCUT2D eigenvalue weighted by Gasteiger charge is -2.26. The maximum absolute atomic E-state index is 12.7. The summed E-state index contributed by atoms with van der Waals surface area (Å²) < 4.78 is 10.6. The third-order valence-electron chi connectivity index (χ3n) is 4.76. The minimum absolute atomic E-state index is 0.0838. The van der Waals surface area contributed by atoms with E-state index in [2.05, 4.69) is 5.32 Å². The Balaban J connectivity index is 1.56. The van der Waals surface area contributed by atoms with Crippen LogP contribution in [0.5, 0.6) is 11.5 Å². The highest BCUT2D eigenvalue weighted by Gasteiger charge is 2.32. The number of hydrogen-bond donors (Lipinski definition) is 1. The number of anilines is 2. The van der Waals surface area contributed by atoms with Gasteiger partial charge in [-0.05, 0) is 42.3 Å². The van der Waals surface area contributed by atoms with Crippen molar-refractivity contribution in [2.45, 2.75) is 27.2 Å². The summed E-state index contributed by atoms with van der Waals surface area (Å²) in [5, 5.41) is 2.90. The first-order chi connectivity index (χ1) is 12.8. The lowest BCUT2D eigenvalue weighted by Crippen LogP contribution is -2.38. The molecule has 0 bridgehead atoms. The number of carbonyl (C=O) groups is 2. The Labute approximate surface area is 158 Å². The molecule has 2 aliphatic heterocycles. The zero-order valence-electron chi connectivity index (χ0n) is 15.7. The van der Waals surface area contributed by atoms with Gasteiger partial charge in [0, 0.05) is 28.9 Å². The molecule has 0 spiro atoms. The van der Waals surface area contributed by atoms with E-state index in [4.69, 9.17) is 9.47 Å². The highest BCUT2D eigenvalue weighted by molar-refractivity contribution is 6.05. The first-order valence-corrected chi connectivity index (χ1v) is 8.99. The van der Waals surface area contributed by atoms with Crippen molar-refractivity contribution < 1.29 is 19.1 Å². The predicted molar refractivity (Wildman–Crippen MR) is 102 cm³/mol. The van der Waals surface area contributed by atoms with E-state index in [0.29, 0.717) is 29.3 Å². The molecule has 1 N–H and O–H groups in total. The third-order valence-corrected chi connectivity index (χ3v) is 4.76. The summed E-state index contributed by atoms with van der Waals surface area (Å²) in [6, 6.07) is 10.8. The van der Waals surface area contributed by atoms with Crippen LogP contribution in [-0.4, -0.2) is 25.2 Å². The molecule has 6 nitrogen and oxygen atoms in total. The molecule has 2 aromatic rings. The quantitative estimate of drug-likeness (QED) is 0.882. The smallest absolute Gasteiger partial charge is 0.255 e. The molecule has 0 saturated carbocycles. The zero-order chi connectivity index (χ0) is 19.2. The Morgan fingerprint density at radius 3 is 2.59 bits per heavy atom. The minimum Gasteiger partial charge on any atom is -0.454 e. The van der Waals surface area contributed by atoms with E-state index in [1.165, 1.54) is 0 Å². The molecule has 0 radical (unpaired) electrons. The average Bonchev–Trinajstić information content (AvgIpc) is 3.25. The first kappa shape index (κ1) is 17.4. The summed E-state index contributed by atoms with van der Waals surface area (Å²) in [7, 11) is 0. The van der Waals surface area contributed by atoms with E-state index in [-0.39, 0.29) is 18.6 Å². The van der Waals surface area contributed by atoms with Gasteiger partial charge in [-0.3, -0.25) is 9.59 Å². The zero-order valence-corrected chi connectivity index (χ0v) is 15.7. The Morgan fingerprint density at radius 2 is 1.81 bits per heavy atom. The van der Waals surface area contributed by atoms with Crippen LogP contribution in [0.3, 0.4) is 0 Å². The summed E-state index contributed by atoms with van der Waals surface area (Å²) in [5.41, 5.74) is 2.69. The number of amides is 2. The number of nitrogens with one attached hydrogen (secondary N) is 1. The number of ether oxygens (including phenoxy) is 2. The van der Waals surface area contributed by atoms with Gasteiger partial charge < -0.3 is 19.7 Å². The molecule has 6 heteroatoms. The van der Waals surface area contributed by atoms with Crippen LogP contribution >= 0.6 is 0 Å². The number of rotatable bonds is 2. The lowest BCUT2D eigenvalue weighted by atomic mass is 9.94. The molecule has 0 saturated heterocycles. The van der Waals surface area contributed by atoms with Crippen molar-refractivity contribution in [1.29, 1.82) is 0 Å². The van der Waals surface area contributed by atoms with E-state index in [9.17, 15) is 9.59 Å². The number of hydrogen-bond acceptors (Lipinski definition) is 4. The van der Waals surface area contributed by atoms with E-state index in [1.807, 2.05) is 43.9 Å². The van der Waals surface area contributed by atoms with Gasteiger partial charge in [0.25, 0.3) is 5.91 Å². The number of benzene rings is 2. The van der Waals surface area contributed by atoms with Crippen molar-refractivity contribution in [3.63, 3.8) is 0 Å². The number of nitrogens with zero attached hydrogens (tertiary/aromatic N) is 1. The van der Waals surface area contributed by atoms with Gasteiger partial charge in [0.15, 0.2) is 11.5 Å². The minimum atomic E-state index is -0.451. The Bertz CT molecular complexity index is 930. The fourth-order valence-corrected chi connectivity index (χ4v) is 3.31. The molecule has 0 aromatic heterocycles. The second-order valence-corrected chi connectivity index (χ2v) is 7.82. The maximum Gasteiger partial charge on any atom is 0.255 e.